The Morgan fingerprint density at radius 2 is 1.90 bits per heavy atom. The summed E-state index contributed by atoms with van der Waals surface area (Å²) in [4.78, 5) is 12.1. The van der Waals surface area contributed by atoms with Gasteiger partial charge in [0.2, 0.25) is 15.9 Å². The van der Waals surface area contributed by atoms with Crippen LogP contribution in [0.2, 0.25) is 0 Å². The van der Waals surface area contributed by atoms with Gasteiger partial charge in [0.05, 0.1) is 10.9 Å². The summed E-state index contributed by atoms with van der Waals surface area (Å²) in [5.74, 6) is -0.300. The maximum absolute atomic E-state index is 12.1. The number of anilines is 1. The van der Waals surface area contributed by atoms with E-state index in [4.69, 9.17) is 10.9 Å². The van der Waals surface area contributed by atoms with Crippen LogP contribution in [0.3, 0.4) is 0 Å². The molecule has 0 saturated carbocycles. The number of carbonyl (C=O) groups is 1. The van der Waals surface area contributed by atoms with Gasteiger partial charge in [0.1, 0.15) is 0 Å². The molecule has 1 rings (SSSR count). The van der Waals surface area contributed by atoms with E-state index in [0.717, 1.165) is 17.5 Å². The molecular formula is C14H23N3O3S. The maximum atomic E-state index is 12.1. The predicted octanol–water partition coefficient (Wildman–Crippen LogP) is 1.26. The minimum atomic E-state index is -3.82. The van der Waals surface area contributed by atoms with Crippen molar-refractivity contribution < 1.29 is 13.2 Å². The Kier molecular flexibility index (Phi) is 5.49. The molecule has 0 fully saturated rings. The molecule has 1 aromatic rings. The van der Waals surface area contributed by atoms with Crippen molar-refractivity contribution in [1.29, 1.82) is 0 Å². The SMILES string of the molecule is CCC(C)[C@H](N)C(=O)Nc1cc(S(N)(=O)=O)cc(C)c1C. The predicted molar refractivity (Wildman–Crippen MR) is 83.3 cm³/mol. The van der Waals surface area contributed by atoms with Gasteiger partial charge >= 0.3 is 0 Å². The summed E-state index contributed by atoms with van der Waals surface area (Å²) in [6, 6.07) is 2.20. The third-order valence-corrected chi connectivity index (χ3v) is 4.68. The van der Waals surface area contributed by atoms with Gasteiger partial charge in [0.25, 0.3) is 0 Å². The number of nitrogens with two attached hydrogens (primary N) is 2. The van der Waals surface area contributed by atoms with Crippen molar-refractivity contribution in [2.75, 3.05) is 5.32 Å². The normalized spacial score (nSPS) is 14.6. The van der Waals surface area contributed by atoms with E-state index in [1.165, 1.54) is 12.1 Å². The van der Waals surface area contributed by atoms with Crippen molar-refractivity contribution in [2.24, 2.45) is 16.8 Å². The second-order valence-electron chi connectivity index (χ2n) is 5.36. The molecule has 7 heteroatoms. The maximum Gasteiger partial charge on any atom is 0.241 e. The average Bonchev–Trinajstić information content (AvgIpc) is 2.40. The van der Waals surface area contributed by atoms with E-state index in [1.807, 2.05) is 13.8 Å². The van der Waals surface area contributed by atoms with E-state index in [-0.39, 0.29) is 16.7 Å². The van der Waals surface area contributed by atoms with E-state index >= 15 is 0 Å². The number of hydrogen-bond donors (Lipinski definition) is 3. The zero-order valence-electron chi connectivity index (χ0n) is 12.8. The first-order valence-corrected chi connectivity index (χ1v) is 8.33. The highest BCUT2D eigenvalue weighted by Gasteiger charge is 2.21. The Hall–Kier alpha value is -1.44. The molecule has 0 bridgehead atoms. The van der Waals surface area contributed by atoms with Crippen molar-refractivity contribution in [3.8, 4) is 0 Å². The largest absolute Gasteiger partial charge is 0.324 e. The molecule has 0 radical (unpaired) electrons. The number of carbonyl (C=O) groups excluding carboxylic acids is 1. The smallest absolute Gasteiger partial charge is 0.241 e. The summed E-state index contributed by atoms with van der Waals surface area (Å²) in [7, 11) is -3.82. The Morgan fingerprint density at radius 3 is 2.38 bits per heavy atom. The second-order valence-corrected chi connectivity index (χ2v) is 6.92. The molecule has 1 amide bonds. The fourth-order valence-corrected chi connectivity index (χ4v) is 2.47. The number of aryl methyl sites for hydroxylation is 1. The molecule has 21 heavy (non-hydrogen) atoms. The first-order valence-electron chi connectivity index (χ1n) is 6.78. The highest BCUT2D eigenvalue weighted by molar-refractivity contribution is 7.89. The van der Waals surface area contributed by atoms with Crippen molar-refractivity contribution in [2.45, 2.75) is 45.1 Å². The lowest BCUT2D eigenvalue weighted by Crippen LogP contribution is -2.40. The van der Waals surface area contributed by atoms with E-state index in [0.29, 0.717) is 5.69 Å². The quantitative estimate of drug-likeness (QED) is 0.759. The Balaban J connectivity index is 3.14. The van der Waals surface area contributed by atoms with Crippen molar-refractivity contribution >= 4 is 21.6 Å². The van der Waals surface area contributed by atoms with Crippen LogP contribution in [0.5, 0.6) is 0 Å². The fraction of sp³-hybridized carbons (Fsp3) is 0.500. The Bertz CT molecular complexity index is 641. The molecule has 0 saturated heterocycles. The van der Waals surface area contributed by atoms with Crippen LogP contribution < -0.4 is 16.2 Å². The number of rotatable bonds is 5. The molecule has 2 atom stereocenters. The first-order chi connectivity index (χ1) is 9.57. The number of nitrogens with one attached hydrogen (secondary N) is 1. The van der Waals surface area contributed by atoms with E-state index in [2.05, 4.69) is 5.32 Å². The summed E-state index contributed by atoms with van der Waals surface area (Å²) < 4.78 is 22.9. The van der Waals surface area contributed by atoms with Gasteiger partial charge in [-0.2, -0.15) is 0 Å². The molecule has 0 aliphatic rings. The van der Waals surface area contributed by atoms with Crippen LogP contribution in [0.25, 0.3) is 0 Å². The molecule has 5 N–H and O–H groups in total. The minimum Gasteiger partial charge on any atom is -0.324 e. The molecule has 0 aromatic heterocycles. The highest BCUT2D eigenvalue weighted by atomic mass is 32.2. The molecule has 6 nitrogen and oxygen atoms in total. The lowest BCUT2D eigenvalue weighted by Gasteiger charge is -2.19. The van der Waals surface area contributed by atoms with Gasteiger partial charge in [0.15, 0.2) is 0 Å². The van der Waals surface area contributed by atoms with Crippen LogP contribution in [0, 0.1) is 19.8 Å². The molecule has 1 unspecified atom stereocenters. The van der Waals surface area contributed by atoms with Crippen LogP contribution in [-0.2, 0) is 14.8 Å². The van der Waals surface area contributed by atoms with Gasteiger partial charge in [0, 0.05) is 5.69 Å². The molecule has 0 aliphatic heterocycles. The van der Waals surface area contributed by atoms with Gasteiger partial charge in [-0.3, -0.25) is 4.79 Å². The lowest BCUT2D eigenvalue weighted by atomic mass is 9.99. The van der Waals surface area contributed by atoms with E-state index in [1.54, 1.807) is 13.8 Å². The van der Waals surface area contributed by atoms with Crippen molar-refractivity contribution in [3.63, 3.8) is 0 Å². The van der Waals surface area contributed by atoms with Crippen LogP contribution in [0.4, 0.5) is 5.69 Å². The Labute approximate surface area is 126 Å². The second kappa shape index (κ2) is 6.55. The number of primary sulfonamides is 1. The molecule has 0 heterocycles. The topological polar surface area (TPSA) is 115 Å². The molecule has 0 spiro atoms. The summed E-state index contributed by atoms with van der Waals surface area (Å²) in [5, 5.41) is 7.83. The van der Waals surface area contributed by atoms with E-state index in [9.17, 15) is 13.2 Å². The van der Waals surface area contributed by atoms with Gasteiger partial charge in [-0.15, -0.1) is 0 Å². The van der Waals surface area contributed by atoms with Crippen molar-refractivity contribution in [1.82, 2.24) is 0 Å². The average molecular weight is 313 g/mol. The monoisotopic (exact) mass is 313 g/mol. The number of amides is 1. The Morgan fingerprint density at radius 1 is 1.33 bits per heavy atom. The molecule has 118 valence electrons. The first kappa shape index (κ1) is 17.6. The summed E-state index contributed by atoms with van der Waals surface area (Å²) in [6.45, 7) is 7.40. The van der Waals surface area contributed by atoms with Gasteiger partial charge < -0.3 is 11.1 Å². The van der Waals surface area contributed by atoms with Crippen LogP contribution >= 0.6 is 0 Å². The number of hydrogen-bond acceptors (Lipinski definition) is 4. The number of benzene rings is 1. The third-order valence-electron chi connectivity index (χ3n) is 3.79. The molecular weight excluding hydrogens is 290 g/mol. The van der Waals surface area contributed by atoms with Crippen LogP contribution in [-0.4, -0.2) is 20.4 Å². The minimum absolute atomic E-state index is 0.0296. The van der Waals surface area contributed by atoms with Gasteiger partial charge in [-0.25, -0.2) is 13.6 Å². The zero-order chi connectivity index (χ0) is 16.4. The number of sulfonamides is 1. The summed E-state index contributed by atoms with van der Waals surface area (Å²) >= 11 is 0. The highest BCUT2D eigenvalue weighted by Crippen LogP contribution is 2.24. The van der Waals surface area contributed by atoms with Crippen LogP contribution in [0.1, 0.15) is 31.4 Å². The molecule has 1 aromatic carbocycles. The fourth-order valence-electron chi connectivity index (χ4n) is 1.85. The van der Waals surface area contributed by atoms with Gasteiger partial charge in [-0.05, 0) is 43.0 Å². The molecule has 0 aliphatic carbocycles. The summed E-state index contributed by atoms with van der Waals surface area (Å²) in [6.07, 6.45) is 0.782. The van der Waals surface area contributed by atoms with Gasteiger partial charge in [-0.1, -0.05) is 20.3 Å². The van der Waals surface area contributed by atoms with Crippen LogP contribution in [0.15, 0.2) is 17.0 Å². The van der Waals surface area contributed by atoms with Crippen molar-refractivity contribution in [3.05, 3.63) is 23.3 Å². The standard InChI is InChI=1S/C14H23N3O3S/c1-5-8(2)13(15)14(18)17-12-7-11(21(16,19)20)6-9(3)10(12)4/h6-8,13H,5,15H2,1-4H3,(H,17,18)(H2,16,19,20)/t8?,13-/m0/s1. The zero-order valence-corrected chi connectivity index (χ0v) is 13.6. The lowest BCUT2D eigenvalue weighted by molar-refractivity contribution is -0.118. The summed E-state index contributed by atoms with van der Waals surface area (Å²) in [5.41, 5.74) is 7.81. The third kappa shape index (κ3) is 4.26. The van der Waals surface area contributed by atoms with E-state index < -0.39 is 16.1 Å².